The molecule has 0 unspecified atom stereocenters. The van der Waals surface area contributed by atoms with Gasteiger partial charge in [-0.3, -0.25) is 10.1 Å². The van der Waals surface area contributed by atoms with Crippen molar-refractivity contribution in [3.05, 3.63) is 54.5 Å². The SMILES string of the molecule is O=C(/C=C\c1ccco1)NC(=S)Nc1ccccc1N1CCCC1. The molecule has 0 spiro atoms. The van der Waals surface area contributed by atoms with Gasteiger partial charge in [0.1, 0.15) is 5.76 Å². The zero-order valence-corrected chi connectivity index (χ0v) is 14.0. The van der Waals surface area contributed by atoms with Gasteiger partial charge in [0.15, 0.2) is 5.11 Å². The predicted molar refractivity (Wildman–Crippen MR) is 100.0 cm³/mol. The van der Waals surface area contributed by atoms with Crippen molar-refractivity contribution in [3.8, 4) is 0 Å². The van der Waals surface area contributed by atoms with Crippen LogP contribution in [0, 0.1) is 0 Å². The van der Waals surface area contributed by atoms with Gasteiger partial charge in [-0.25, -0.2) is 0 Å². The molecule has 1 aromatic carbocycles. The summed E-state index contributed by atoms with van der Waals surface area (Å²) >= 11 is 5.24. The Morgan fingerprint density at radius 3 is 2.71 bits per heavy atom. The van der Waals surface area contributed by atoms with E-state index in [1.54, 1.807) is 24.5 Å². The van der Waals surface area contributed by atoms with Gasteiger partial charge >= 0.3 is 0 Å². The first-order valence-electron chi connectivity index (χ1n) is 7.90. The fourth-order valence-electron chi connectivity index (χ4n) is 2.66. The van der Waals surface area contributed by atoms with E-state index in [9.17, 15) is 4.79 Å². The van der Waals surface area contributed by atoms with Gasteiger partial charge < -0.3 is 14.6 Å². The molecule has 124 valence electrons. The number of nitrogens with one attached hydrogen (secondary N) is 2. The van der Waals surface area contributed by atoms with Gasteiger partial charge in [-0.1, -0.05) is 12.1 Å². The number of amides is 1. The van der Waals surface area contributed by atoms with Crippen molar-refractivity contribution >= 4 is 40.7 Å². The summed E-state index contributed by atoms with van der Waals surface area (Å²) < 4.78 is 5.14. The lowest BCUT2D eigenvalue weighted by atomic mass is 10.2. The van der Waals surface area contributed by atoms with Crippen LogP contribution in [0.25, 0.3) is 6.08 Å². The number of nitrogens with zero attached hydrogens (tertiary/aromatic N) is 1. The Bertz CT molecular complexity index is 734. The van der Waals surface area contributed by atoms with Crippen LogP contribution in [0.5, 0.6) is 0 Å². The minimum absolute atomic E-state index is 0.274. The van der Waals surface area contributed by atoms with E-state index in [1.165, 1.54) is 18.9 Å². The highest BCUT2D eigenvalue weighted by Gasteiger charge is 2.16. The highest BCUT2D eigenvalue weighted by Crippen LogP contribution is 2.28. The molecule has 2 N–H and O–H groups in total. The van der Waals surface area contributed by atoms with Gasteiger partial charge in [0.05, 0.1) is 17.6 Å². The molecule has 2 aromatic rings. The maximum Gasteiger partial charge on any atom is 0.250 e. The van der Waals surface area contributed by atoms with E-state index >= 15 is 0 Å². The number of furan rings is 1. The molecule has 5 nitrogen and oxygen atoms in total. The summed E-state index contributed by atoms with van der Waals surface area (Å²) in [6, 6.07) is 11.5. The average Bonchev–Trinajstić information content (AvgIpc) is 3.27. The lowest BCUT2D eigenvalue weighted by Crippen LogP contribution is -2.33. The largest absolute Gasteiger partial charge is 0.465 e. The highest BCUT2D eigenvalue weighted by molar-refractivity contribution is 7.80. The number of rotatable bonds is 4. The third-order valence-electron chi connectivity index (χ3n) is 3.78. The summed E-state index contributed by atoms with van der Waals surface area (Å²) in [6.07, 6.45) is 6.94. The number of benzene rings is 1. The molecular weight excluding hydrogens is 322 g/mol. The van der Waals surface area contributed by atoms with Crippen LogP contribution in [-0.2, 0) is 4.79 Å². The summed E-state index contributed by atoms with van der Waals surface area (Å²) in [5.74, 6) is 0.311. The van der Waals surface area contributed by atoms with Crippen LogP contribution >= 0.6 is 12.2 Å². The first-order chi connectivity index (χ1) is 11.7. The number of hydrogen-bond donors (Lipinski definition) is 2. The van der Waals surface area contributed by atoms with E-state index in [0.717, 1.165) is 24.5 Å². The maximum absolute atomic E-state index is 11.9. The smallest absolute Gasteiger partial charge is 0.250 e. The fraction of sp³-hybridized carbons (Fsp3) is 0.222. The second kappa shape index (κ2) is 7.79. The first kappa shape index (κ1) is 16.3. The summed E-state index contributed by atoms with van der Waals surface area (Å²) in [6.45, 7) is 2.09. The van der Waals surface area contributed by atoms with Gasteiger partial charge in [0.25, 0.3) is 0 Å². The standard InChI is InChI=1S/C18H19N3O2S/c22-17(10-9-14-6-5-13-23-14)20-18(24)19-15-7-1-2-8-16(15)21-11-3-4-12-21/h1-2,5-10,13H,3-4,11-12H2,(H2,19,20,22,24)/b10-9-. The molecule has 1 fully saturated rings. The molecule has 0 aliphatic carbocycles. The molecule has 6 heteroatoms. The third kappa shape index (κ3) is 4.23. The van der Waals surface area contributed by atoms with Crippen LogP contribution < -0.4 is 15.5 Å². The second-order valence-electron chi connectivity index (χ2n) is 5.50. The minimum Gasteiger partial charge on any atom is -0.465 e. The molecule has 24 heavy (non-hydrogen) atoms. The number of carbonyl (C=O) groups excluding carboxylic acids is 1. The topological polar surface area (TPSA) is 57.5 Å². The molecule has 2 heterocycles. The predicted octanol–water partition coefficient (Wildman–Crippen LogP) is 3.41. The summed E-state index contributed by atoms with van der Waals surface area (Å²) in [4.78, 5) is 14.2. The van der Waals surface area contributed by atoms with E-state index in [2.05, 4.69) is 21.6 Å². The van der Waals surface area contributed by atoms with Crippen molar-refractivity contribution in [2.24, 2.45) is 0 Å². The number of hydrogen-bond acceptors (Lipinski definition) is 4. The van der Waals surface area contributed by atoms with Crippen LogP contribution in [0.1, 0.15) is 18.6 Å². The van der Waals surface area contributed by atoms with Gasteiger partial charge in [0, 0.05) is 19.2 Å². The van der Waals surface area contributed by atoms with Crippen LogP contribution in [0.3, 0.4) is 0 Å². The quantitative estimate of drug-likeness (QED) is 0.659. The van der Waals surface area contributed by atoms with Crippen LogP contribution in [0.4, 0.5) is 11.4 Å². The molecule has 0 bridgehead atoms. The van der Waals surface area contributed by atoms with Crippen molar-refractivity contribution < 1.29 is 9.21 Å². The first-order valence-corrected chi connectivity index (χ1v) is 8.31. The molecule has 1 amide bonds. The summed E-state index contributed by atoms with van der Waals surface area (Å²) in [7, 11) is 0. The Labute approximate surface area is 146 Å². The fourth-order valence-corrected chi connectivity index (χ4v) is 2.87. The van der Waals surface area contributed by atoms with Crippen molar-refractivity contribution in [1.82, 2.24) is 5.32 Å². The molecular formula is C18H19N3O2S. The van der Waals surface area contributed by atoms with Crippen molar-refractivity contribution in [2.75, 3.05) is 23.3 Å². The molecule has 3 rings (SSSR count). The second-order valence-corrected chi connectivity index (χ2v) is 5.91. The van der Waals surface area contributed by atoms with Crippen molar-refractivity contribution in [2.45, 2.75) is 12.8 Å². The van der Waals surface area contributed by atoms with Crippen LogP contribution in [0.2, 0.25) is 0 Å². The van der Waals surface area contributed by atoms with E-state index in [0.29, 0.717) is 5.76 Å². The zero-order chi connectivity index (χ0) is 16.8. The van der Waals surface area contributed by atoms with E-state index in [4.69, 9.17) is 16.6 Å². The van der Waals surface area contributed by atoms with Crippen LogP contribution in [0.15, 0.2) is 53.2 Å². The van der Waals surface area contributed by atoms with Gasteiger partial charge in [-0.15, -0.1) is 0 Å². The Morgan fingerprint density at radius 2 is 1.96 bits per heavy atom. The number of anilines is 2. The molecule has 0 saturated carbocycles. The third-order valence-corrected chi connectivity index (χ3v) is 3.98. The molecule has 1 aliphatic rings. The Hall–Kier alpha value is -2.60. The molecule has 1 saturated heterocycles. The normalized spacial score (nSPS) is 14.1. The molecule has 0 atom stereocenters. The highest BCUT2D eigenvalue weighted by atomic mass is 32.1. The lowest BCUT2D eigenvalue weighted by Gasteiger charge is -2.22. The molecule has 0 radical (unpaired) electrons. The number of thiocarbonyl (C=S) groups is 1. The Balaban J connectivity index is 1.59. The molecule has 1 aromatic heterocycles. The van der Waals surface area contributed by atoms with Crippen molar-refractivity contribution in [1.29, 1.82) is 0 Å². The average molecular weight is 341 g/mol. The Morgan fingerprint density at radius 1 is 1.17 bits per heavy atom. The Kier molecular flexibility index (Phi) is 5.28. The minimum atomic E-state index is -0.303. The molecule has 1 aliphatic heterocycles. The summed E-state index contributed by atoms with van der Waals surface area (Å²) in [5.41, 5.74) is 2.01. The van der Waals surface area contributed by atoms with E-state index in [1.807, 2.05) is 18.2 Å². The van der Waals surface area contributed by atoms with Crippen LogP contribution in [-0.4, -0.2) is 24.1 Å². The summed E-state index contributed by atoms with van der Waals surface area (Å²) in [5, 5.41) is 6.03. The monoisotopic (exact) mass is 341 g/mol. The number of carbonyl (C=O) groups is 1. The van der Waals surface area contributed by atoms with Crippen molar-refractivity contribution in [3.63, 3.8) is 0 Å². The number of para-hydroxylation sites is 2. The maximum atomic E-state index is 11.9. The lowest BCUT2D eigenvalue weighted by molar-refractivity contribution is -0.115. The zero-order valence-electron chi connectivity index (χ0n) is 13.2. The van der Waals surface area contributed by atoms with Gasteiger partial charge in [-0.2, -0.15) is 0 Å². The van der Waals surface area contributed by atoms with E-state index < -0.39 is 0 Å². The van der Waals surface area contributed by atoms with E-state index in [-0.39, 0.29) is 11.0 Å². The van der Waals surface area contributed by atoms with Gasteiger partial charge in [0.2, 0.25) is 5.91 Å². The van der Waals surface area contributed by atoms with Gasteiger partial charge in [-0.05, 0) is 55.4 Å².